The highest BCUT2D eigenvalue weighted by Gasteiger charge is 2.66. The summed E-state index contributed by atoms with van der Waals surface area (Å²) in [6.07, 6.45) is 8.57. The van der Waals surface area contributed by atoms with E-state index >= 15 is 0 Å². The van der Waals surface area contributed by atoms with E-state index in [1.54, 1.807) is 14.0 Å². The maximum absolute atomic E-state index is 13.9. The lowest BCUT2D eigenvalue weighted by molar-refractivity contribution is -0.203. The summed E-state index contributed by atoms with van der Waals surface area (Å²) < 4.78 is -1.03. The van der Waals surface area contributed by atoms with Crippen LogP contribution in [0.5, 0.6) is 0 Å². The molecule has 0 radical (unpaired) electrons. The highest BCUT2D eigenvalue weighted by Crippen LogP contribution is 2.68. The Morgan fingerprint density at radius 2 is 1.76 bits per heavy atom. The van der Waals surface area contributed by atoms with Gasteiger partial charge in [-0.05, 0) is 106 Å². The van der Waals surface area contributed by atoms with Crippen LogP contribution in [0.2, 0.25) is 0 Å². The number of carbonyl (C=O) groups is 2. The molecule has 4 rings (SSSR count). The van der Waals surface area contributed by atoms with E-state index in [2.05, 4.69) is 42.0 Å². The van der Waals surface area contributed by atoms with Crippen LogP contribution < -0.4 is 5.32 Å². The number of rotatable bonds is 7. The van der Waals surface area contributed by atoms with Gasteiger partial charge in [0.15, 0.2) is 11.4 Å². The molecule has 0 aliphatic heterocycles. The number of carbonyl (C=O) groups excluding carboxylic acids is 2. The zero-order chi connectivity index (χ0) is 25.1. The molecule has 0 aromatic heterocycles. The number of ketones is 2. The van der Waals surface area contributed by atoms with Gasteiger partial charge in [-0.15, -0.1) is 0 Å². The number of halogens is 1. The molecule has 34 heavy (non-hydrogen) atoms. The average molecular weight is 541 g/mol. The SMILES string of the molecule is CCCCC(Br)(NC)C(=O)C1(O)C[C@@]2(C)C(CC[C@H]3[C@@H]4CC[C@H](C(C)=O)[C@@]4(C)CC[C@@H]32)CC1O. The molecule has 0 saturated heterocycles. The lowest BCUT2D eigenvalue weighted by atomic mass is 9.43. The van der Waals surface area contributed by atoms with Crippen LogP contribution in [0.25, 0.3) is 0 Å². The summed E-state index contributed by atoms with van der Waals surface area (Å²) in [7, 11) is 1.75. The molecule has 5 nitrogen and oxygen atoms in total. The first-order chi connectivity index (χ1) is 15.9. The molecule has 0 aromatic carbocycles. The summed E-state index contributed by atoms with van der Waals surface area (Å²) in [5.41, 5.74) is -1.85. The summed E-state index contributed by atoms with van der Waals surface area (Å²) in [5, 5.41) is 26.2. The van der Waals surface area contributed by atoms with Crippen molar-refractivity contribution in [1.29, 1.82) is 0 Å². The third kappa shape index (κ3) is 3.88. The summed E-state index contributed by atoms with van der Waals surface area (Å²) in [5.74, 6) is 2.04. The van der Waals surface area contributed by atoms with Crippen LogP contribution in [-0.4, -0.2) is 45.0 Å². The summed E-state index contributed by atoms with van der Waals surface area (Å²) in [6, 6.07) is 0. The van der Waals surface area contributed by atoms with Crippen LogP contribution in [-0.2, 0) is 9.59 Å². The minimum Gasteiger partial charge on any atom is -0.390 e. The number of nitrogens with one attached hydrogen (secondary N) is 1. The number of hydrogen-bond donors (Lipinski definition) is 3. The Hall–Kier alpha value is -0.300. The van der Waals surface area contributed by atoms with Crippen molar-refractivity contribution < 1.29 is 19.8 Å². The molecule has 4 fully saturated rings. The summed E-state index contributed by atoms with van der Waals surface area (Å²) in [6.45, 7) is 8.50. The Balaban J connectivity index is 1.63. The van der Waals surface area contributed by atoms with E-state index in [1.165, 1.54) is 0 Å². The fourth-order valence-electron chi connectivity index (χ4n) is 9.38. The number of likely N-dealkylation sites (N-methyl/N-ethyl adjacent to an activating group) is 1. The maximum Gasteiger partial charge on any atom is 0.197 e. The number of aliphatic hydroxyl groups excluding tert-OH is 1. The number of fused-ring (bicyclic) bond motifs is 5. The highest BCUT2D eigenvalue weighted by atomic mass is 79.9. The Labute approximate surface area is 214 Å². The quantitative estimate of drug-likeness (QED) is 0.312. The molecule has 4 unspecified atom stereocenters. The van der Waals surface area contributed by atoms with Crippen LogP contribution in [0, 0.1) is 40.4 Å². The van der Waals surface area contributed by atoms with E-state index in [0.29, 0.717) is 48.7 Å². The molecule has 0 spiro atoms. The molecule has 0 aromatic rings. The van der Waals surface area contributed by atoms with Crippen molar-refractivity contribution >= 4 is 27.5 Å². The minimum absolute atomic E-state index is 0.0911. The normalized spacial score (nSPS) is 47.8. The second-order valence-electron chi connectivity index (χ2n) is 12.8. The fourth-order valence-corrected chi connectivity index (χ4v) is 10.00. The monoisotopic (exact) mass is 539 g/mol. The molecule has 0 amide bonds. The molecule has 6 heteroatoms. The van der Waals surface area contributed by atoms with Crippen molar-refractivity contribution in [2.45, 2.75) is 114 Å². The number of alkyl halides is 1. The van der Waals surface area contributed by atoms with Crippen molar-refractivity contribution in [1.82, 2.24) is 5.32 Å². The minimum atomic E-state index is -1.76. The lowest BCUT2D eigenvalue weighted by Gasteiger charge is -2.63. The standard InChI is InChI=1S/C28H46BrNO4/c1-6-7-13-28(29,30-5)24(33)27(34)16-26(4)18(15-23(27)32)8-9-19-21-11-10-20(17(2)31)25(21,3)14-12-22(19)26/h18-23,30,32,34H,6-16H2,1-5H3/t18?,19-,20+,21-,22-,23?,25+,26-,27?,28?/m0/s1. The molecule has 0 bridgehead atoms. The van der Waals surface area contributed by atoms with Gasteiger partial charge in [-0.2, -0.15) is 0 Å². The molecular formula is C28H46BrNO4. The molecule has 10 atom stereocenters. The van der Waals surface area contributed by atoms with Gasteiger partial charge in [0.25, 0.3) is 0 Å². The average Bonchev–Trinajstić information content (AvgIpc) is 3.15. The molecular weight excluding hydrogens is 494 g/mol. The van der Waals surface area contributed by atoms with Crippen molar-refractivity contribution in [3.05, 3.63) is 0 Å². The largest absolute Gasteiger partial charge is 0.390 e. The zero-order valence-corrected chi connectivity index (χ0v) is 23.4. The summed E-state index contributed by atoms with van der Waals surface area (Å²) in [4.78, 5) is 26.3. The first kappa shape index (κ1) is 26.8. The van der Waals surface area contributed by atoms with Gasteiger partial charge in [-0.1, -0.05) is 49.5 Å². The Morgan fingerprint density at radius 1 is 1.09 bits per heavy atom. The summed E-state index contributed by atoms with van der Waals surface area (Å²) >= 11 is 3.62. The van der Waals surface area contributed by atoms with Gasteiger partial charge < -0.3 is 10.2 Å². The van der Waals surface area contributed by atoms with E-state index in [0.717, 1.165) is 51.4 Å². The van der Waals surface area contributed by atoms with Gasteiger partial charge in [-0.3, -0.25) is 14.9 Å². The predicted molar refractivity (Wildman–Crippen MR) is 137 cm³/mol. The second kappa shape index (κ2) is 9.22. The van der Waals surface area contributed by atoms with Crippen LogP contribution in [0.15, 0.2) is 0 Å². The van der Waals surface area contributed by atoms with Crippen molar-refractivity contribution in [2.75, 3.05) is 7.05 Å². The van der Waals surface area contributed by atoms with Crippen molar-refractivity contribution in [3.8, 4) is 0 Å². The zero-order valence-electron chi connectivity index (χ0n) is 21.8. The Bertz CT molecular complexity index is 820. The van der Waals surface area contributed by atoms with Crippen LogP contribution >= 0.6 is 15.9 Å². The van der Waals surface area contributed by atoms with Crippen LogP contribution in [0.1, 0.15) is 98.3 Å². The van der Waals surface area contributed by atoms with E-state index in [9.17, 15) is 19.8 Å². The van der Waals surface area contributed by atoms with E-state index in [1.807, 2.05) is 0 Å². The second-order valence-corrected chi connectivity index (χ2v) is 14.1. The predicted octanol–water partition coefficient (Wildman–Crippen LogP) is 5.01. The maximum atomic E-state index is 13.9. The first-order valence-corrected chi connectivity index (χ1v) is 14.5. The smallest absolute Gasteiger partial charge is 0.197 e. The molecule has 3 N–H and O–H groups in total. The molecule has 4 saturated carbocycles. The molecule has 4 aliphatic rings. The van der Waals surface area contributed by atoms with Crippen LogP contribution in [0.3, 0.4) is 0 Å². The number of aliphatic hydroxyl groups is 2. The molecule has 0 heterocycles. The third-order valence-electron chi connectivity index (χ3n) is 11.3. The van der Waals surface area contributed by atoms with Gasteiger partial charge in [0.05, 0.1) is 6.10 Å². The molecule has 194 valence electrons. The lowest BCUT2D eigenvalue weighted by Crippen LogP contribution is -2.67. The highest BCUT2D eigenvalue weighted by molar-refractivity contribution is 9.10. The third-order valence-corrected chi connectivity index (χ3v) is 12.4. The fraction of sp³-hybridized carbons (Fsp3) is 0.929. The van der Waals surface area contributed by atoms with Crippen molar-refractivity contribution in [2.24, 2.45) is 40.4 Å². The van der Waals surface area contributed by atoms with E-state index < -0.39 is 16.2 Å². The topological polar surface area (TPSA) is 86.6 Å². The van der Waals surface area contributed by atoms with Crippen LogP contribution in [0.4, 0.5) is 0 Å². The molecule has 4 aliphatic carbocycles. The number of Topliss-reactive ketones (excluding diaryl/α,β-unsaturated/α-hetero) is 2. The van der Waals surface area contributed by atoms with Gasteiger partial charge in [-0.25, -0.2) is 0 Å². The Morgan fingerprint density at radius 3 is 2.38 bits per heavy atom. The van der Waals surface area contributed by atoms with Gasteiger partial charge in [0, 0.05) is 5.92 Å². The van der Waals surface area contributed by atoms with E-state index in [-0.39, 0.29) is 22.5 Å². The van der Waals surface area contributed by atoms with Crippen molar-refractivity contribution in [3.63, 3.8) is 0 Å². The van der Waals surface area contributed by atoms with Gasteiger partial charge in [0.1, 0.15) is 10.2 Å². The number of unbranched alkanes of at least 4 members (excludes halogenated alkanes) is 1. The first-order valence-electron chi connectivity index (χ1n) is 13.7. The van der Waals surface area contributed by atoms with E-state index in [4.69, 9.17) is 0 Å². The number of hydrogen-bond acceptors (Lipinski definition) is 5. The van der Waals surface area contributed by atoms with Gasteiger partial charge >= 0.3 is 0 Å². The van der Waals surface area contributed by atoms with Gasteiger partial charge in [0.2, 0.25) is 0 Å². The Kier molecular flexibility index (Phi) is 7.25.